The number of halogens is 3. The van der Waals surface area contributed by atoms with Gasteiger partial charge in [-0.2, -0.15) is 25.8 Å². The maximum absolute atomic E-state index is 12.6. The van der Waals surface area contributed by atoms with Gasteiger partial charge in [0, 0.05) is 6.54 Å². The number of carbonyl (C=O) groups excluding carboxylic acids is 1. The third-order valence-electron chi connectivity index (χ3n) is 3.84. The Balaban J connectivity index is 2.14. The number of rotatable bonds is 5. The summed E-state index contributed by atoms with van der Waals surface area (Å²) in [4.78, 5) is 13.6. The van der Waals surface area contributed by atoms with Gasteiger partial charge < -0.3 is 5.32 Å². The fraction of sp³-hybridized carbons (Fsp3) is 0.533. The summed E-state index contributed by atoms with van der Waals surface area (Å²) in [7, 11) is 0. The minimum Gasteiger partial charge on any atom is -0.353 e. The highest BCUT2D eigenvalue weighted by Gasteiger charge is 2.31. The largest absolute Gasteiger partial charge is 0.416 e. The maximum Gasteiger partial charge on any atom is 0.416 e. The van der Waals surface area contributed by atoms with E-state index in [1.165, 1.54) is 12.1 Å². The summed E-state index contributed by atoms with van der Waals surface area (Å²) in [6, 6.07) is 5.09. The van der Waals surface area contributed by atoms with Crippen molar-refractivity contribution in [2.45, 2.75) is 25.1 Å². The molecule has 1 fully saturated rings. The van der Waals surface area contributed by atoms with Crippen molar-refractivity contribution in [2.75, 3.05) is 25.4 Å². The summed E-state index contributed by atoms with van der Waals surface area (Å²) in [6.45, 7) is 2.16. The van der Waals surface area contributed by atoms with Crippen LogP contribution in [-0.2, 0) is 11.0 Å². The Morgan fingerprint density at radius 3 is 2.32 bits per heavy atom. The zero-order valence-electron chi connectivity index (χ0n) is 12.1. The second-order valence-electron chi connectivity index (χ2n) is 5.34. The van der Waals surface area contributed by atoms with Crippen LogP contribution in [0.4, 0.5) is 13.2 Å². The molecule has 1 N–H and O–H groups in total. The lowest BCUT2D eigenvalue weighted by Crippen LogP contribution is -2.37. The lowest BCUT2D eigenvalue weighted by atomic mass is 10.0. The highest BCUT2D eigenvalue weighted by Crippen LogP contribution is 2.31. The quantitative estimate of drug-likeness (QED) is 0.813. The molecule has 22 heavy (non-hydrogen) atoms. The van der Waals surface area contributed by atoms with Crippen LogP contribution in [0.5, 0.6) is 0 Å². The first-order valence-electron chi connectivity index (χ1n) is 7.20. The summed E-state index contributed by atoms with van der Waals surface area (Å²) in [5.74, 6) is -0.0841. The molecule has 7 heteroatoms. The van der Waals surface area contributed by atoms with Crippen molar-refractivity contribution in [3.05, 3.63) is 35.4 Å². The maximum atomic E-state index is 12.6. The predicted molar refractivity (Wildman–Crippen MR) is 81.9 cm³/mol. The van der Waals surface area contributed by atoms with Gasteiger partial charge in [-0.05, 0) is 43.6 Å². The fourth-order valence-corrected chi connectivity index (χ4v) is 2.78. The van der Waals surface area contributed by atoms with Gasteiger partial charge in [0.05, 0.1) is 17.4 Å². The molecule has 1 heterocycles. The number of benzene rings is 1. The molecule has 1 atom stereocenters. The molecule has 0 radical (unpaired) electrons. The third-order valence-corrected chi connectivity index (χ3v) is 4.13. The number of nitrogens with zero attached hydrogens (tertiary/aromatic N) is 1. The summed E-state index contributed by atoms with van der Waals surface area (Å²) in [5.41, 5.74) is 0.130. The van der Waals surface area contributed by atoms with E-state index in [0.29, 0.717) is 6.54 Å². The smallest absolute Gasteiger partial charge is 0.353 e. The first-order valence-corrected chi connectivity index (χ1v) is 7.84. The number of nitrogens with one attached hydrogen (secondary N) is 1. The summed E-state index contributed by atoms with van der Waals surface area (Å²) >= 11 is 3.91. The van der Waals surface area contributed by atoms with Crippen LogP contribution < -0.4 is 5.32 Å². The lowest BCUT2D eigenvalue weighted by molar-refractivity contribution is -0.137. The van der Waals surface area contributed by atoms with Gasteiger partial charge in [-0.15, -0.1) is 0 Å². The second kappa shape index (κ2) is 7.37. The molecule has 1 aliphatic heterocycles. The number of likely N-dealkylation sites (tertiary alicyclic amines) is 1. The van der Waals surface area contributed by atoms with E-state index in [0.717, 1.165) is 43.6 Å². The van der Waals surface area contributed by atoms with Crippen LogP contribution in [0, 0.1) is 0 Å². The SMILES string of the molecule is O=C(CS)NCC(c1ccc(C(F)(F)F)cc1)N1CCCC1. The molecule has 1 aromatic rings. The van der Waals surface area contributed by atoms with Crippen LogP contribution >= 0.6 is 12.6 Å². The zero-order valence-corrected chi connectivity index (χ0v) is 13.0. The van der Waals surface area contributed by atoms with E-state index in [1.54, 1.807) is 0 Å². The minimum absolute atomic E-state index is 0.0970. The van der Waals surface area contributed by atoms with Gasteiger partial charge in [0.2, 0.25) is 5.91 Å². The van der Waals surface area contributed by atoms with E-state index in [9.17, 15) is 18.0 Å². The van der Waals surface area contributed by atoms with Crippen molar-refractivity contribution in [2.24, 2.45) is 0 Å². The lowest BCUT2D eigenvalue weighted by Gasteiger charge is -2.28. The Hall–Kier alpha value is -1.21. The van der Waals surface area contributed by atoms with Crippen molar-refractivity contribution < 1.29 is 18.0 Å². The predicted octanol–water partition coefficient (Wildman–Crippen LogP) is 2.89. The molecule has 1 saturated heterocycles. The molecular weight excluding hydrogens is 313 g/mol. The molecule has 2 rings (SSSR count). The molecular formula is C15H19F3N2OS. The normalized spacial score (nSPS) is 17.5. The van der Waals surface area contributed by atoms with E-state index < -0.39 is 11.7 Å². The molecule has 0 aliphatic carbocycles. The summed E-state index contributed by atoms with van der Waals surface area (Å²) in [6.07, 6.45) is -2.20. The molecule has 0 saturated carbocycles. The Morgan fingerprint density at radius 1 is 1.23 bits per heavy atom. The van der Waals surface area contributed by atoms with Crippen LogP contribution in [0.2, 0.25) is 0 Å². The molecule has 0 bridgehead atoms. The number of hydrogen-bond acceptors (Lipinski definition) is 3. The van der Waals surface area contributed by atoms with Gasteiger partial charge in [0.1, 0.15) is 0 Å². The Morgan fingerprint density at radius 2 is 1.82 bits per heavy atom. The highest BCUT2D eigenvalue weighted by molar-refractivity contribution is 7.81. The van der Waals surface area contributed by atoms with Gasteiger partial charge in [0.25, 0.3) is 0 Å². The average molecular weight is 332 g/mol. The topological polar surface area (TPSA) is 32.3 Å². The third kappa shape index (κ3) is 4.39. The Bertz CT molecular complexity index is 499. The van der Waals surface area contributed by atoms with Crippen LogP contribution in [0.25, 0.3) is 0 Å². The van der Waals surface area contributed by atoms with E-state index in [1.807, 2.05) is 0 Å². The summed E-state index contributed by atoms with van der Waals surface area (Å²) < 4.78 is 37.9. The monoisotopic (exact) mass is 332 g/mol. The molecule has 3 nitrogen and oxygen atoms in total. The van der Waals surface area contributed by atoms with Crippen molar-refractivity contribution in [3.8, 4) is 0 Å². The standard InChI is InChI=1S/C15H19F3N2OS/c16-15(17,18)12-5-3-11(4-6-12)13(9-19-14(21)10-22)20-7-1-2-8-20/h3-6,13,22H,1-2,7-10H2,(H,19,21). The van der Waals surface area contributed by atoms with Gasteiger partial charge >= 0.3 is 6.18 Å². The van der Waals surface area contributed by atoms with Crippen LogP contribution in [0.15, 0.2) is 24.3 Å². The highest BCUT2D eigenvalue weighted by atomic mass is 32.1. The van der Waals surface area contributed by atoms with Crippen molar-refractivity contribution in [3.63, 3.8) is 0 Å². The van der Waals surface area contributed by atoms with Gasteiger partial charge in [-0.1, -0.05) is 12.1 Å². The number of carbonyl (C=O) groups is 1. The average Bonchev–Trinajstić information content (AvgIpc) is 3.01. The molecule has 122 valence electrons. The molecule has 1 amide bonds. The van der Waals surface area contributed by atoms with Crippen molar-refractivity contribution >= 4 is 18.5 Å². The Kier molecular flexibility index (Phi) is 5.74. The van der Waals surface area contributed by atoms with Gasteiger partial charge in [0.15, 0.2) is 0 Å². The number of thiol groups is 1. The molecule has 1 aromatic carbocycles. The molecule has 1 unspecified atom stereocenters. The van der Waals surface area contributed by atoms with Crippen LogP contribution in [-0.4, -0.2) is 36.2 Å². The number of amides is 1. The first kappa shape index (κ1) is 17.1. The fourth-order valence-electron chi connectivity index (χ4n) is 2.67. The van der Waals surface area contributed by atoms with Gasteiger partial charge in [-0.3, -0.25) is 9.69 Å². The summed E-state index contributed by atoms with van der Waals surface area (Å²) in [5, 5.41) is 2.77. The van der Waals surface area contributed by atoms with Crippen molar-refractivity contribution in [1.29, 1.82) is 0 Å². The zero-order chi connectivity index (χ0) is 16.2. The van der Waals surface area contributed by atoms with E-state index in [4.69, 9.17) is 0 Å². The number of alkyl halides is 3. The number of hydrogen-bond donors (Lipinski definition) is 2. The van der Waals surface area contributed by atoms with E-state index >= 15 is 0 Å². The van der Waals surface area contributed by atoms with Crippen molar-refractivity contribution in [1.82, 2.24) is 10.2 Å². The van der Waals surface area contributed by atoms with Gasteiger partial charge in [-0.25, -0.2) is 0 Å². The first-order chi connectivity index (χ1) is 10.4. The van der Waals surface area contributed by atoms with Crippen LogP contribution in [0.3, 0.4) is 0 Å². The second-order valence-corrected chi connectivity index (χ2v) is 5.66. The Labute approximate surface area is 133 Å². The van der Waals surface area contributed by atoms with E-state index in [2.05, 4.69) is 22.8 Å². The van der Waals surface area contributed by atoms with Crippen LogP contribution in [0.1, 0.15) is 30.0 Å². The van der Waals surface area contributed by atoms with E-state index in [-0.39, 0.29) is 17.7 Å². The minimum atomic E-state index is -4.33. The molecule has 1 aliphatic rings. The molecule has 0 aromatic heterocycles. The molecule has 0 spiro atoms.